The van der Waals surface area contributed by atoms with Crippen LogP contribution in [-0.2, 0) is 4.79 Å². The number of nitrogens with zero attached hydrogens (tertiary/aromatic N) is 4. The minimum Gasteiger partial charge on any atom is -0.372 e. The summed E-state index contributed by atoms with van der Waals surface area (Å²) in [5.41, 5.74) is 9.56. The van der Waals surface area contributed by atoms with Crippen LogP contribution in [0, 0.1) is 20.8 Å². The Hall–Kier alpha value is -4.17. The number of hydrogen-bond donors (Lipinski definition) is 2. The van der Waals surface area contributed by atoms with E-state index in [0.717, 1.165) is 52.8 Å². The number of pyridine rings is 1. The predicted molar refractivity (Wildman–Crippen MR) is 177 cm³/mol. The molecule has 2 N–H and O–H groups in total. The molecule has 218 valence electrons. The second kappa shape index (κ2) is 12.4. The monoisotopic (exact) mass is 580 g/mol. The van der Waals surface area contributed by atoms with Crippen molar-refractivity contribution in [2.24, 2.45) is 0 Å². The second-order valence-electron chi connectivity index (χ2n) is 10.7. The lowest BCUT2D eigenvalue weighted by atomic mass is 9.96. The normalized spacial score (nSPS) is 16.4. The Balaban J connectivity index is 1.59. The Kier molecular flexibility index (Phi) is 8.64. The van der Waals surface area contributed by atoms with Crippen molar-refractivity contribution in [3.8, 4) is 5.69 Å². The number of aromatic nitrogens is 2. The highest BCUT2D eigenvalue weighted by molar-refractivity contribution is 7.80. The number of carbonyl (C=O) groups is 1. The summed E-state index contributed by atoms with van der Waals surface area (Å²) < 4.78 is 2.32. The van der Waals surface area contributed by atoms with Crippen molar-refractivity contribution in [1.29, 1.82) is 0 Å². The van der Waals surface area contributed by atoms with Gasteiger partial charge in [-0.3, -0.25) is 9.78 Å². The lowest BCUT2D eigenvalue weighted by Gasteiger charge is -2.29. The van der Waals surface area contributed by atoms with Crippen molar-refractivity contribution < 1.29 is 4.79 Å². The van der Waals surface area contributed by atoms with E-state index in [1.54, 1.807) is 0 Å². The summed E-state index contributed by atoms with van der Waals surface area (Å²) in [6.07, 6.45) is 2.26. The van der Waals surface area contributed by atoms with Gasteiger partial charge in [0.05, 0.1) is 17.8 Å². The van der Waals surface area contributed by atoms with Crippen LogP contribution in [0.2, 0.25) is 0 Å². The molecule has 4 aromatic rings. The van der Waals surface area contributed by atoms with E-state index in [2.05, 4.69) is 95.2 Å². The highest BCUT2D eigenvalue weighted by Crippen LogP contribution is 2.44. The molecule has 0 saturated carbocycles. The number of amides is 1. The second-order valence-corrected chi connectivity index (χ2v) is 11.1. The first kappa shape index (κ1) is 29.3. The van der Waals surface area contributed by atoms with Gasteiger partial charge in [-0.2, -0.15) is 0 Å². The van der Waals surface area contributed by atoms with Crippen LogP contribution in [0.1, 0.15) is 67.5 Å². The molecule has 2 aromatic heterocycles. The Morgan fingerprint density at radius 3 is 2.31 bits per heavy atom. The van der Waals surface area contributed by atoms with Gasteiger partial charge < -0.3 is 25.0 Å². The lowest BCUT2D eigenvalue weighted by Crippen LogP contribution is -2.29. The number of rotatable bonds is 9. The summed E-state index contributed by atoms with van der Waals surface area (Å²) in [7, 11) is 0. The maximum absolute atomic E-state index is 12.1. The van der Waals surface area contributed by atoms with Crippen molar-refractivity contribution in [3.05, 3.63) is 101 Å². The van der Waals surface area contributed by atoms with Gasteiger partial charge in [0.1, 0.15) is 0 Å². The van der Waals surface area contributed by atoms with Gasteiger partial charge >= 0.3 is 0 Å². The van der Waals surface area contributed by atoms with E-state index in [-0.39, 0.29) is 18.0 Å². The zero-order valence-electron chi connectivity index (χ0n) is 25.3. The topological polar surface area (TPSA) is 65.4 Å². The molecule has 0 radical (unpaired) electrons. The van der Waals surface area contributed by atoms with E-state index in [1.165, 1.54) is 11.3 Å². The number of thiocarbonyl (C=S) groups is 1. The Labute approximate surface area is 254 Å². The molecule has 0 unspecified atom stereocenters. The molecule has 7 nitrogen and oxygen atoms in total. The molecule has 1 aliphatic heterocycles. The van der Waals surface area contributed by atoms with Gasteiger partial charge in [0.25, 0.3) is 0 Å². The molecule has 8 heteroatoms. The van der Waals surface area contributed by atoms with Crippen molar-refractivity contribution in [2.75, 3.05) is 28.2 Å². The number of anilines is 3. The van der Waals surface area contributed by atoms with Crippen LogP contribution in [0.4, 0.5) is 17.1 Å². The van der Waals surface area contributed by atoms with E-state index in [1.807, 2.05) is 44.3 Å². The number of hydrogen-bond acceptors (Lipinski definition) is 4. The molecule has 0 aliphatic carbocycles. The van der Waals surface area contributed by atoms with Gasteiger partial charge in [-0.15, -0.1) is 0 Å². The van der Waals surface area contributed by atoms with E-state index in [9.17, 15) is 4.79 Å². The maximum Gasteiger partial charge on any atom is 0.224 e. The van der Waals surface area contributed by atoms with Gasteiger partial charge in [0.2, 0.25) is 5.91 Å². The third-order valence-corrected chi connectivity index (χ3v) is 8.52. The summed E-state index contributed by atoms with van der Waals surface area (Å²) in [6, 6.07) is 22.9. The largest absolute Gasteiger partial charge is 0.372 e. The first-order valence-corrected chi connectivity index (χ1v) is 15.1. The highest BCUT2D eigenvalue weighted by atomic mass is 32.1. The summed E-state index contributed by atoms with van der Waals surface area (Å²) in [6.45, 7) is 14.5. The molecular weight excluding hydrogens is 540 g/mol. The molecule has 42 heavy (non-hydrogen) atoms. The molecule has 5 rings (SSSR count). The molecule has 1 saturated heterocycles. The van der Waals surface area contributed by atoms with Gasteiger partial charge in [-0.05, 0) is 119 Å². The quantitative estimate of drug-likeness (QED) is 0.205. The third-order valence-electron chi connectivity index (χ3n) is 8.21. The van der Waals surface area contributed by atoms with Crippen LogP contribution in [0.15, 0.2) is 72.9 Å². The molecule has 3 heterocycles. The highest BCUT2D eigenvalue weighted by Gasteiger charge is 2.42. The van der Waals surface area contributed by atoms with Crippen LogP contribution < -0.4 is 20.4 Å². The summed E-state index contributed by atoms with van der Waals surface area (Å²) >= 11 is 5.99. The fourth-order valence-electron chi connectivity index (χ4n) is 6.01. The number of nitrogens with one attached hydrogen (secondary N) is 2. The van der Waals surface area contributed by atoms with E-state index in [0.29, 0.717) is 11.5 Å². The van der Waals surface area contributed by atoms with Crippen LogP contribution in [0.5, 0.6) is 0 Å². The maximum atomic E-state index is 12.1. The molecule has 0 bridgehead atoms. The fourth-order valence-corrected chi connectivity index (χ4v) is 6.36. The Morgan fingerprint density at radius 1 is 0.976 bits per heavy atom. The number of benzene rings is 2. The van der Waals surface area contributed by atoms with Crippen LogP contribution in [0.3, 0.4) is 0 Å². The average Bonchev–Trinajstić information content (AvgIpc) is 3.50. The molecule has 1 aliphatic rings. The molecule has 2 atom stereocenters. The summed E-state index contributed by atoms with van der Waals surface area (Å²) in [5.74, 6) is -0.00475. The van der Waals surface area contributed by atoms with Crippen LogP contribution >= 0.6 is 12.2 Å². The van der Waals surface area contributed by atoms with Crippen molar-refractivity contribution in [3.63, 3.8) is 0 Å². The van der Waals surface area contributed by atoms with E-state index < -0.39 is 0 Å². The zero-order chi connectivity index (χ0) is 30.0. The van der Waals surface area contributed by atoms with Gasteiger partial charge in [-0.1, -0.05) is 13.0 Å². The van der Waals surface area contributed by atoms with Gasteiger partial charge in [-0.25, -0.2) is 0 Å². The first-order chi connectivity index (χ1) is 20.3. The number of aryl methyl sites for hydroxylation is 2. The SMILES string of the molecule is CCC(=O)Nc1ccc(N2C(=S)N[C@@H](c3ccccn3)[C@H]2c2cc(C)n(-c3ccc(N(CC)CC)cc3)c2C)cc1C. The minimum atomic E-state index is -0.141. The van der Waals surface area contributed by atoms with E-state index >= 15 is 0 Å². The predicted octanol–water partition coefficient (Wildman–Crippen LogP) is 7.17. The summed E-state index contributed by atoms with van der Waals surface area (Å²) in [4.78, 5) is 21.3. The molecule has 1 fully saturated rings. The lowest BCUT2D eigenvalue weighted by molar-refractivity contribution is -0.115. The van der Waals surface area contributed by atoms with Crippen molar-refractivity contribution in [1.82, 2.24) is 14.9 Å². The minimum absolute atomic E-state index is 0.00475. The van der Waals surface area contributed by atoms with Crippen molar-refractivity contribution >= 4 is 40.3 Å². The Bertz CT molecular complexity index is 1580. The molecular formula is C34H40N6OS. The Morgan fingerprint density at radius 2 is 1.69 bits per heavy atom. The van der Waals surface area contributed by atoms with Crippen LogP contribution in [-0.4, -0.2) is 33.7 Å². The zero-order valence-corrected chi connectivity index (χ0v) is 26.1. The standard InChI is InChI=1S/C34H40N6OS/c1-7-31(41)36-29-18-17-27(20-22(29)4)40-33(32(37-34(40)42)30-12-10-11-19-35-30)28-21-23(5)39(24(28)6)26-15-13-25(14-16-26)38(8-2)9-3/h10-21,32-33H,7-9H2,1-6H3,(H,36,41)(H,37,42)/t32-,33+/m0/s1. The molecule has 0 spiro atoms. The number of carbonyl (C=O) groups excluding carboxylic acids is 1. The third kappa shape index (κ3) is 5.51. The van der Waals surface area contributed by atoms with Crippen molar-refractivity contribution in [2.45, 2.75) is 60.0 Å². The summed E-state index contributed by atoms with van der Waals surface area (Å²) in [5, 5.41) is 7.23. The first-order valence-electron chi connectivity index (χ1n) is 14.7. The van der Waals surface area contributed by atoms with Gasteiger partial charge in [0, 0.05) is 59.8 Å². The molecule has 1 amide bonds. The molecule has 2 aromatic carbocycles. The smallest absolute Gasteiger partial charge is 0.224 e. The van der Waals surface area contributed by atoms with Gasteiger partial charge in [0.15, 0.2) is 5.11 Å². The van der Waals surface area contributed by atoms with Crippen LogP contribution in [0.25, 0.3) is 5.69 Å². The average molecular weight is 581 g/mol. The fraction of sp³-hybridized carbons (Fsp3) is 0.324. The van der Waals surface area contributed by atoms with E-state index in [4.69, 9.17) is 17.2 Å².